The van der Waals surface area contributed by atoms with Gasteiger partial charge in [0, 0.05) is 18.5 Å². The zero-order valence-corrected chi connectivity index (χ0v) is 6.76. The summed E-state index contributed by atoms with van der Waals surface area (Å²) in [6.07, 6.45) is 5.57. The van der Waals surface area contributed by atoms with Crippen LogP contribution in [-0.2, 0) is 0 Å². The Hall–Kier alpha value is -1.05. The first-order valence-corrected chi connectivity index (χ1v) is 3.24. The third-order valence-electron chi connectivity index (χ3n) is 1.09. The fourth-order valence-electron chi connectivity index (χ4n) is 0.546. The van der Waals surface area contributed by atoms with Crippen LogP contribution in [0.1, 0.15) is 13.8 Å². The van der Waals surface area contributed by atoms with Gasteiger partial charge in [0.2, 0.25) is 0 Å². The van der Waals surface area contributed by atoms with Crippen LogP contribution < -0.4 is 5.73 Å². The van der Waals surface area contributed by atoms with Crippen LogP contribution in [0.3, 0.4) is 0 Å². The van der Waals surface area contributed by atoms with E-state index >= 15 is 0 Å². The lowest BCUT2D eigenvalue weighted by atomic mass is 10.3. The predicted molar refractivity (Wildman–Crippen MR) is 46.1 cm³/mol. The summed E-state index contributed by atoms with van der Waals surface area (Å²) in [5, 5.41) is 0. The maximum Gasteiger partial charge on any atom is 0.0334 e. The van der Waals surface area contributed by atoms with Gasteiger partial charge in [-0.05, 0) is 26.0 Å². The largest absolute Gasteiger partial charge is 0.399 e. The molecule has 0 rings (SSSR count). The highest BCUT2D eigenvalue weighted by Gasteiger charge is 1.82. The van der Waals surface area contributed by atoms with E-state index in [0.717, 1.165) is 11.4 Å². The number of rotatable bonds is 2. The highest BCUT2D eigenvalue weighted by molar-refractivity contribution is 5.93. The summed E-state index contributed by atoms with van der Waals surface area (Å²) in [5.74, 6) is 0. The van der Waals surface area contributed by atoms with Crippen molar-refractivity contribution in [3.8, 4) is 0 Å². The van der Waals surface area contributed by atoms with Gasteiger partial charge in [-0.2, -0.15) is 0 Å². The highest BCUT2D eigenvalue weighted by Crippen LogP contribution is 1.88. The lowest BCUT2D eigenvalue weighted by molar-refractivity contribution is 1.39. The van der Waals surface area contributed by atoms with Crippen molar-refractivity contribution in [2.45, 2.75) is 13.8 Å². The van der Waals surface area contributed by atoms with Crippen molar-refractivity contribution >= 4 is 5.71 Å². The van der Waals surface area contributed by atoms with Gasteiger partial charge in [0.15, 0.2) is 0 Å². The minimum absolute atomic E-state index is 0.741. The number of hydrogen-bond acceptors (Lipinski definition) is 2. The van der Waals surface area contributed by atoms with Crippen molar-refractivity contribution < 1.29 is 0 Å². The molecule has 0 unspecified atom stereocenters. The molecule has 2 nitrogen and oxygen atoms in total. The Labute approximate surface area is 62.1 Å². The molecular formula is C8H14N2. The summed E-state index contributed by atoms with van der Waals surface area (Å²) in [6.45, 7) is 3.84. The number of hydrogen-bond donors (Lipinski definition) is 1. The molecule has 2 N–H and O–H groups in total. The van der Waals surface area contributed by atoms with Gasteiger partial charge in [0.1, 0.15) is 0 Å². The van der Waals surface area contributed by atoms with Crippen molar-refractivity contribution in [1.82, 2.24) is 0 Å². The Bertz CT molecular complexity index is 176. The summed E-state index contributed by atoms with van der Waals surface area (Å²) < 4.78 is 0. The molecule has 0 fully saturated rings. The van der Waals surface area contributed by atoms with Gasteiger partial charge in [0.05, 0.1) is 0 Å². The third-order valence-corrected chi connectivity index (χ3v) is 1.09. The third kappa shape index (κ3) is 3.89. The van der Waals surface area contributed by atoms with E-state index in [0.29, 0.717) is 0 Å². The first-order chi connectivity index (χ1) is 4.70. The Morgan fingerprint density at radius 3 is 2.50 bits per heavy atom. The smallest absolute Gasteiger partial charge is 0.0334 e. The van der Waals surface area contributed by atoms with Gasteiger partial charge >= 0.3 is 0 Å². The van der Waals surface area contributed by atoms with E-state index in [4.69, 9.17) is 5.73 Å². The molecule has 0 radical (unpaired) electrons. The van der Waals surface area contributed by atoms with Gasteiger partial charge in [-0.15, -0.1) is 0 Å². The van der Waals surface area contributed by atoms with E-state index in [2.05, 4.69) is 4.99 Å². The monoisotopic (exact) mass is 138 g/mol. The van der Waals surface area contributed by atoms with Gasteiger partial charge < -0.3 is 5.73 Å². The molecular weight excluding hydrogens is 124 g/mol. The quantitative estimate of drug-likeness (QED) is 0.455. The number of nitrogens with two attached hydrogens (primary N) is 1. The molecule has 0 saturated carbocycles. The number of allylic oxidation sites excluding steroid dienone is 3. The predicted octanol–water partition coefficient (Wildman–Crippen LogP) is 1.50. The molecule has 0 atom stereocenters. The molecule has 10 heavy (non-hydrogen) atoms. The molecule has 56 valence electrons. The second kappa shape index (κ2) is 4.79. The fourth-order valence-corrected chi connectivity index (χ4v) is 0.546. The maximum absolute atomic E-state index is 5.55. The second-order valence-electron chi connectivity index (χ2n) is 2.01. The molecule has 0 spiro atoms. The second-order valence-corrected chi connectivity index (χ2v) is 2.01. The molecule has 0 aliphatic rings. The van der Waals surface area contributed by atoms with Crippen LogP contribution in [0, 0.1) is 0 Å². The van der Waals surface area contributed by atoms with Crippen molar-refractivity contribution in [3.63, 3.8) is 0 Å². The molecule has 2 heteroatoms. The van der Waals surface area contributed by atoms with Gasteiger partial charge in [-0.25, -0.2) is 0 Å². The lowest BCUT2D eigenvalue weighted by Gasteiger charge is -1.90. The van der Waals surface area contributed by atoms with Crippen molar-refractivity contribution in [2.75, 3.05) is 7.05 Å². The maximum atomic E-state index is 5.55. The Balaban J connectivity index is 4.16. The van der Waals surface area contributed by atoms with Crippen LogP contribution in [0.15, 0.2) is 28.9 Å². The average molecular weight is 138 g/mol. The highest BCUT2D eigenvalue weighted by atomic mass is 14.7. The molecule has 0 saturated heterocycles. The Morgan fingerprint density at radius 2 is 2.10 bits per heavy atom. The van der Waals surface area contributed by atoms with Crippen molar-refractivity contribution in [1.29, 1.82) is 0 Å². The minimum atomic E-state index is 0.741. The van der Waals surface area contributed by atoms with E-state index in [9.17, 15) is 0 Å². The van der Waals surface area contributed by atoms with E-state index in [1.807, 2.05) is 32.1 Å². The van der Waals surface area contributed by atoms with Crippen LogP contribution in [0.2, 0.25) is 0 Å². The van der Waals surface area contributed by atoms with Crippen LogP contribution in [0.4, 0.5) is 0 Å². The summed E-state index contributed by atoms with van der Waals surface area (Å²) in [6, 6.07) is 0. The zero-order chi connectivity index (χ0) is 7.98. The summed E-state index contributed by atoms with van der Waals surface area (Å²) in [7, 11) is 1.74. The normalized spacial score (nSPS) is 14.7. The topological polar surface area (TPSA) is 38.4 Å². The number of aliphatic imine (C=N–C) groups is 1. The Morgan fingerprint density at radius 1 is 1.50 bits per heavy atom. The minimum Gasteiger partial charge on any atom is -0.399 e. The molecule has 0 aliphatic carbocycles. The summed E-state index contributed by atoms with van der Waals surface area (Å²) in [4.78, 5) is 3.94. The molecule has 0 amide bonds. The van der Waals surface area contributed by atoms with E-state index < -0.39 is 0 Å². The van der Waals surface area contributed by atoms with Crippen LogP contribution in [-0.4, -0.2) is 12.8 Å². The van der Waals surface area contributed by atoms with Crippen LogP contribution in [0.25, 0.3) is 0 Å². The van der Waals surface area contributed by atoms with Crippen molar-refractivity contribution in [3.05, 3.63) is 23.9 Å². The lowest BCUT2D eigenvalue weighted by Crippen LogP contribution is -1.96. The molecule has 0 bridgehead atoms. The van der Waals surface area contributed by atoms with Crippen molar-refractivity contribution in [2.24, 2.45) is 10.7 Å². The first-order valence-electron chi connectivity index (χ1n) is 3.24. The van der Waals surface area contributed by atoms with Crippen LogP contribution in [0.5, 0.6) is 0 Å². The Kier molecular flexibility index (Phi) is 4.29. The average Bonchev–Trinajstić information content (AvgIpc) is 1.88. The first kappa shape index (κ1) is 8.95. The SMILES string of the molecule is C\C=C/C(N)=C\C(C)=N/C. The van der Waals surface area contributed by atoms with Gasteiger partial charge in [-0.1, -0.05) is 6.08 Å². The summed E-state index contributed by atoms with van der Waals surface area (Å²) in [5.41, 5.74) is 7.24. The van der Waals surface area contributed by atoms with Gasteiger partial charge in [0.25, 0.3) is 0 Å². The zero-order valence-electron chi connectivity index (χ0n) is 6.76. The van der Waals surface area contributed by atoms with E-state index in [-0.39, 0.29) is 0 Å². The van der Waals surface area contributed by atoms with E-state index in [1.165, 1.54) is 0 Å². The molecule has 0 aliphatic heterocycles. The number of nitrogens with zero attached hydrogens (tertiary/aromatic N) is 1. The molecule has 0 heterocycles. The van der Waals surface area contributed by atoms with Crippen LogP contribution >= 0.6 is 0 Å². The molecule has 0 aromatic carbocycles. The molecule has 0 aromatic rings. The summed E-state index contributed by atoms with van der Waals surface area (Å²) >= 11 is 0. The standard InChI is InChI=1S/C8H14N2/c1-4-5-8(9)6-7(2)10-3/h4-6H,9H2,1-3H3/b5-4-,8-6+,10-7-. The molecule has 0 aromatic heterocycles. The van der Waals surface area contributed by atoms with Gasteiger partial charge in [-0.3, -0.25) is 4.99 Å². The van der Waals surface area contributed by atoms with E-state index in [1.54, 1.807) is 7.05 Å². The fraction of sp³-hybridized carbons (Fsp3) is 0.375.